The molecule has 150 valence electrons. The number of piperazine rings is 1. The molecule has 1 atom stereocenters. The van der Waals surface area contributed by atoms with Gasteiger partial charge in [-0.25, -0.2) is 4.98 Å². The van der Waals surface area contributed by atoms with Crippen LogP contribution in [0.25, 0.3) is 0 Å². The van der Waals surface area contributed by atoms with Crippen LogP contribution in [0.2, 0.25) is 0 Å². The number of hydrogen-bond donors (Lipinski definition) is 1. The maximum Gasteiger partial charge on any atom is 0.418 e. The van der Waals surface area contributed by atoms with E-state index < -0.39 is 23.2 Å². The van der Waals surface area contributed by atoms with E-state index in [2.05, 4.69) is 29.1 Å². The second-order valence-corrected chi connectivity index (χ2v) is 7.36. The van der Waals surface area contributed by atoms with Crippen molar-refractivity contribution in [2.75, 3.05) is 24.5 Å². The summed E-state index contributed by atoms with van der Waals surface area (Å²) in [6.07, 6.45) is -0.998. The van der Waals surface area contributed by atoms with Crippen molar-refractivity contribution in [3.63, 3.8) is 0 Å². The summed E-state index contributed by atoms with van der Waals surface area (Å²) in [5, 5.41) is 3.42. The molecular weight excluding hydrogens is 369 g/mol. The number of aromatic nitrogens is 2. The van der Waals surface area contributed by atoms with Gasteiger partial charge in [-0.3, -0.25) is 9.78 Å². The van der Waals surface area contributed by atoms with E-state index in [4.69, 9.17) is 0 Å². The lowest BCUT2D eigenvalue weighted by atomic mass is 10.0. The maximum atomic E-state index is 13.5. The van der Waals surface area contributed by atoms with Crippen molar-refractivity contribution in [3.8, 4) is 0 Å². The van der Waals surface area contributed by atoms with E-state index in [-0.39, 0.29) is 11.6 Å². The van der Waals surface area contributed by atoms with E-state index in [0.717, 1.165) is 12.5 Å². The monoisotopic (exact) mass is 392 g/mol. The average Bonchev–Trinajstić information content (AvgIpc) is 2.66. The van der Waals surface area contributed by atoms with E-state index in [1.807, 2.05) is 4.90 Å². The molecule has 1 saturated heterocycles. The fraction of sp³-hybridized carbons (Fsp3) is 0.450. The third kappa shape index (κ3) is 4.67. The Morgan fingerprint density at radius 1 is 1.32 bits per heavy atom. The van der Waals surface area contributed by atoms with Gasteiger partial charge in [0, 0.05) is 43.6 Å². The second kappa shape index (κ2) is 8.26. The third-order valence-corrected chi connectivity index (χ3v) is 4.66. The molecule has 1 aliphatic rings. The van der Waals surface area contributed by atoms with Crippen molar-refractivity contribution in [2.45, 2.75) is 32.5 Å². The Morgan fingerprint density at radius 2 is 2.11 bits per heavy atom. The summed E-state index contributed by atoms with van der Waals surface area (Å²) >= 11 is 0. The van der Waals surface area contributed by atoms with Crippen LogP contribution in [0.1, 0.15) is 41.9 Å². The number of nitrogens with one attached hydrogen (secondary N) is 1. The standard InChI is InChI=1S/C20H23F3N4O/c1-13(2)10-15-12-27(9-8-25-15)17-6-5-16(20(21,22)23)18(26-17)19(28)14-4-3-7-24-11-14/h3-7,11,13,15,25H,8-10,12H2,1-2H3/t15-/m0/s1. The highest BCUT2D eigenvalue weighted by molar-refractivity contribution is 6.08. The number of ketones is 1. The minimum absolute atomic E-state index is 0.0793. The molecule has 0 aliphatic carbocycles. The zero-order valence-corrected chi connectivity index (χ0v) is 15.8. The first-order valence-electron chi connectivity index (χ1n) is 9.27. The van der Waals surface area contributed by atoms with Crippen LogP contribution in [0.15, 0.2) is 36.7 Å². The summed E-state index contributed by atoms with van der Waals surface area (Å²) in [6, 6.07) is 5.48. The summed E-state index contributed by atoms with van der Waals surface area (Å²) in [5.41, 5.74) is -1.54. The number of anilines is 1. The van der Waals surface area contributed by atoms with Crippen LogP contribution in [-0.2, 0) is 6.18 Å². The van der Waals surface area contributed by atoms with Crippen LogP contribution in [0, 0.1) is 5.92 Å². The molecule has 0 bridgehead atoms. The highest BCUT2D eigenvalue weighted by Crippen LogP contribution is 2.33. The molecule has 0 aromatic carbocycles. The van der Waals surface area contributed by atoms with E-state index in [0.29, 0.717) is 31.4 Å². The van der Waals surface area contributed by atoms with Crippen LogP contribution in [0.3, 0.4) is 0 Å². The fourth-order valence-corrected chi connectivity index (χ4v) is 3.42. The zero-order valence-electron chi connectivity index (χ0n) is 15.8. The number of halogens is 3. The van der Waals surface area contributed by atoms with Crippen LogP contribution in [0.5, 0.6) is 0 Å². The van der Waals surface area contributed by atoms with E-state index in [1.54, 1.807) is 0 Å². The van der Waals surface area contributed by atoms with Gasteiger partial charge in [0.05, 0.1) is 5.56 Å². The Bertz CT molecular complexity index is 824. The predicted octanol–water partition coefficient (Wildman–Crippen LogP) is 3.55. The van der Waals surface area contributed by atoms with Crippen molar-refractivity contribution in [2.24, 2.45) is 5.92 Å². The van der Waals surface area contributed by atoms with Crippen LogP contribution < -0.4 is 10.2 Å². The lowest BCUT2D eigenvalue weighted by Gasteiger charge is -2.35. The average molecular weight is 392 g/mol. The Labute approximate surface area is 162 Å². The summed E-state index contributed by atoms with van der Waals surface area (Å²) in [4.78, 5) is 22.6. The van der Waals surface area contributed by atoms with Crippen LogP contribution >= 0.6 is 0 Å². The van der Waals surface area contributed by atoms with Gasteiger partial charge in [0.2, 0.25) is 5.78 Å². The quantitative estimate of drug-likeness (QED) is 0.789. The molecule has 2 aromatic heterocycles. The van der Waals surface area contributed by atoms with Crippen molar-refractivity contribution >= 4 is 11.6 Å². The van der Waals surface area contributed by atoms with Crippen LogP contribution in [0.4, 0.5) is 19.0 Å². The lowest BCUT2D eigenvalue weighted by molar-refractivity contribution is -0.138. The summed E-state index contributed by atoms with van der Waals surface area (Å²) in [5.74, 6) is 0.104. The van der Waals surface area contributed by atoms with Gasteiger partial charge in [0.1, 0.15) is 11.5 Å². The lowest BCUT2D eigenvalue weighted by Crippen LogP contribution is -2.51. The molecule has 1 fully saturated rings. The largest absolute Gasteiger partial charge is 0.418 e. The molecule has 3 rings (SSSR count). The molecule has 0 unspecified atom stereocenters. The van der Waals surface area contributed by atoms with Crippen molar-refractivity contribution < 1.29 is 18.0 Å². The van der Waals surface area contributed by atoms with Crippen molar-refractivity contribution in [1.29, 1.82) is 0 Å². The minimum atomic E-state index is -4.66. The van der Waals surface area contributed by atoms with Gasteiger partial charge in [0.25, 0.3) is 0 Å². The molecular formula is C20H23F3N4O. The van der Waals surface area contributed by atoms with Crippen molar-refractivity contribution in [3.05, 3.63) is 53.5 Å². The van der Waals surface area contributed by atoms with Gasteiger partial charge in [-0.15, -0.1) is 0 Å². The van der Waals surface area contributed by atoms with E-state index >= 15 is 0 Å². The SMILES string of the molecule is CC(C)C[C@H]1CN(c2ccc(C(F)(F)F)c(C(=O)c3cccnc3)n2)CCN1. The Balaban J connectivity index is 1.95. The van der Waals surface area contributed by atoms with Gasteiger partial charge in [-0.1, -0.05) is 13.8 Å². The van der Waals surface area contributed by atoms with Gasteiger partial charge in [0.15, 0.2) is 0 Å². The normalized spacial score (nSPS) is 17.8. The first-order chi connectivity index (χ1) is 13.3. The molecule has 2 aromatic rings. The van der Waals surface area contributed by atoms with Gasteiger partial charge < -0.3 is 10.2 Å². The number of hydrogen-bond acceptors (Lipinski definition) is 5. The smallest absolute Gasteiger partial charge is 0.354 e. The summed E-state index contributed by atoms with van der Waals surface area (Å²) in [6.45, 7) is 6.22. The molecule has 0 radical (unpaired) electrons. The number of carbonyl (C=O) groups is 1. The number of alkyl halides is 3. The first-order valence-corrected chi connectivity index (χ1v) is 9.27. The van der Waals surface area contributed by atoms with Gasteiger partial charge in [-0.2, -0.15) is 13.2 Å². The molecule has 0 spiro atoms. The predicted molar refractivity (Wildman–Crippen MR) is 100 cm³/mol. The molecule has 1 aliphatic heterocycles. The molecule has 0 amide bonds. The molecule has 1 N–H and O–H groups in total. The number of nitrogens with zero attached hydrogens (tertiary/aromatic N) is 3. The highest BCUT2D eigenvalue weighted by Gasteiger charge is 2.37. The molecule has 28 heavy (non-hydrogen) atoms. The van der Waals surface area contributed by atoms with Gasteiger partial charge >= 0.3 is 6.18 Å². The summed E-state index contributed by atoms with van der Waals surface area (Å²) < 4.78 is 40.4. The van der Waals surface area contributed by atoms with Gasteiger partial charge in [-0.05, 0) is 36.6 Å². The fourth-order valence-electron chi connectivity index (χ4n) is 3.42. The Morgan fingerprint density at radius 3 is 2.75 bits per heavy atom. The van der Waals surface area contributed by atoms with Crippen LogP contribution in [-0.4, -0.2) is 41.4 Å². The molecule has 0 saturated carbocycles. The maximum absolute atomic E-state index is 13.5. The van der Waals surface area contributed by atoms with E-state index in [9.17, 15) is 18.0 Å². The zero-order chi connectivity index (χ0) is 20.3. The number of carbonyl (C=O) groups excluding carboxylic acids is 1. The summed E-state index contributed by atoms with van der Waals surface area (Å²) in [7, 11) is 0. The molecule has 5 nitrogen and oxygen atoms in total. The minimum Gasteiger partial charge on any atom is -0.354 e. The highest BCUT2D eigenvalue weighted by atomic mass is 19.4. The number of pyridine rings is 2. The third-order valence-electron chi connectivity index (χ3n) is 4.66. The number of rotatable bonds is 5. The Kier molecular flexibility index (Phi) is 5.98. The Hall–Kier alpha value is -2.48. The molecule has 3 heterocycles. The second-order valence-electron chi connectivity index (χ2n) is 7.36. The van der Waals surface area contributed by atoms with Crippen molar-refractivity contribution in [1.82, 2.24) is 15.3 Å². The first kappa shape index (κ1) is 20.3. The molecule has 8 heteroatoms. The van der Waals surface area contributed by atoms with E-state index in [1.165, 1.54) is 30.6 Å². The topological polar surface area (TPSA) is 58.1 Å².